The first-order valence-electron chi connectivity index (χ1n) is 22.6. The number of aliphatic hydroxyl groups is 4. The van der Waals surface area contributed by atoms with Crippen LogP contribution in [0.5, 0.6) is 0 Å². The molecule has 4 heteroatoms. The van der Waals surface area contributed by atoms with Gasteiger partial charge in [-0.2, -0.15) is 0 Å². The number of benzene rings is 8. The highest BCUT2D eigenvalue weighted by Gasteiger charge is 2.56. The highest BCUT2D eigenvalue weighted by atomic mass is 16.3. The lowest BCUT2D eigenvalue weighted by molar-refractivity contribution is -0.135. The van der Waals surface area contributed by atoms with Crippen molar-refractivity contribution in [2.75, 3.05) is 19.8 Å². The highest BCUT2D eigenvalue weighted by Crippen LogP contribution is 2.59. The summed E-state index contributed by atoms with van der Waals surface area (Å²) in [4.78, 5) is 0. The molecule has 0 saturated carbocycles. The van der Waals surface area contributed by atoms with E-state index in [4.69, 9.17) is 0 Å². The molecular formula is C61H60O4. The second-order valence-electron chi connectivity index (χ2n) is 19.4. The molecule has 0 aromatic heterocycles. The van der Waals surface area contributed by atoms with Gasteiger partial charge in [0.15, 0.2) is 0 Å². The predicted molar refractivity (Wildman–Crippen MR) is 270 cm³/mol. The van der Waals surface area contributed by atoms with Crippen LogP contribution in [0, 0.1) is 5.41 Å². The Balaban J connectivity index is 1.73. The van der Waals surface area contributed by atoms with Crippen LogP contribution in [-0.4, -0.2) is 40.2 Å². The molecule has 0 aliphatic rings. The second-order valence-corrected chi connectivity index (χ2v) is 19.4. The van der Waals surface area contributed by atoms with Gasteiger partial charge in [-0.05, 0) is 99.8 Å². The number of aliphatic hydroxyl groups excluding tert-OH is 3. The van der Waals surface area contributed by atoms with E-state index >= 15 is 5.11 Å². The summed E-state index contributed by atoms with van der Waals surface area (Å²) in [7, 11) is 0. The summed E-state index contributed by atoms with van der Waals surface area (Å²) >= 11 is 0. The molecule has 0 aliphatic heterocycles. The zero-order chi connectivity index (χ0) is 46.0. The molecule has 65 heavy (non-hydrogen) atoms. The average Bonchev–Trinajstić information content (AvgIpc) is 3.34. The van der Waals surface area contributed by atoms with Crippen molar-refractivity contribution >= 4 is 0 Å². The number of hydrogen-bond acceptors (Lipinski definition) is 4. The quantitative estimate of drug-likeness (QED) is 0.0987. The Labute approximate surface area is 385 Å². The smallest absolute Gasteiger partial charge is 0.128 e. The van der Waals surface area contributed by atoms with Crippen LogP contribution < -0.4 is 0 Å². The van der Waals surface area contributed by atoms with Crippen molar-refractivity contribution in [3.8, 4) is 66.8 Å². The minimum absolute atomic E-state index is 0.466. The molecular weight excluding hydrogens is 797 g/mol. The van der Waals surface area contributed by atoms with E-state index < -0.39 is 41.7 Å². The van der Waals surface area contributed by atoms with E-state index in [-0.39, 0.29) is 0 Å². The molecule has 0 spiro atoms. The van der Waals surface area contributed by atoms with Crippen LogP contribution in [0.3, 0.4) is 0 Å². The molecule has 8 aromatic rings. The summed E-state index contributed by atoms with van der Waals surface area (Å²) in [5.74, 6) is 0. The maximum atomic E-state index is 15.1. The van der Waals surface area contributed by atoms with Gasteiger partial charge in [0.25, 0.3) is 0 Å². The van der Waals surface area contributed by atoms with Crippen LogP contribution in [0.15, 0.2) is 194 Å². The summed E-state index contributed by atoms with van der Waals surface area (Å²) < 4.78 is 0. The first-order valence-corrected chi connectivity index (χ1v) is 22.6. The largest absolute Gasteiger partial charge is 0.395 e. The van der Waals surface area contributed by atoms with Gasteiger partial charge in [-0.25, -0.2) is 0 Å². The van der Waals surface area contributed by atoms with Crippen molar-refractivity contribution in [1.29, 1.82) is 0 Å². The summed E-state index contributed by atoms with van der Waals surface area (Å²) in [6.07, 6.45) is 0. The van der Waals surface area contributed by atoms with E-state index in [0.717, 1.165) is 77.9 Å². The second kappa shape index (κ2) is 18.2. The minimum atomic E-state index is -2.28. The van der Waals surface area contributed by atoms with Gasteiger partial charge < -0.3 is 20.4 Å². The summed E-state index contributed by atoms with van der Waals surface area (Å²) in [5.41, 5.74) is 8.50. The molecule has 0 unspecified atom stereocenters. The van der Waals surface area contributed by atoms with E-state index in [1.165, 1.54) is 0 Å². The Morgan fingerprint density at radius 1 is 0.292 bits per heavy atom. The Hall–Kier alpha value is -6.40. The van der Waals surface area contributed by atoms with E-state index in [1.807, 2.05) is 84.9 Å². The van der Waals surface area contributed by atoms with Crippen molar-refractivity contribution in [3.05, 3.63) is 216 Å². The normalized spacial score (nSPS) is 12.3. The molecule has 328 valence electrons. The minimum Gasteiger partial charge on any atom is -0.395 e. The van der Waals surface area contributed by atoms with Crippen molar-refractivity contribution in [2.24, 2.45) is 5.41 Å². The molecule has 8 rings (SSSR count). The van der Waals surface area contributed by atoms with E-state index in [2.05, 4.69) is 151 Å². The highest BCUT2D eigenvalue weighted by molar-refractivity contribution is 6.01. The lowest BCUT2D eigenvalue weighted by Gasteiger charge is -2.48. The van der Waals surface area contributed by atoms with Gasteiger partial charge in [0.05, 0.1) is 25.2 Å². The van der Waals surface area contributed by atoms with E-state index in [9.17, 15) is 15.3 Å². The van der Waals surface area contributed by atoms with Gasteiger partial charge in [-0.1, -0.05) is 236 Å². The molecule has 0 bridgehead atoms. The first-order chi connectivity index (χ1) is 31.3. The molecule has 0 atom stereocenters. The topological polar surface area (TPSA) is 80.9 Å². The fraction of sp³-hybridized carbons (Fsp3) is 0.213. The summed E-state index contributed by atoms with van der Waals surface area (Å²) in [5, 5.41) is 51.0. The van der Waals surface area contributed by atoms with Gasteiger partial charge in [0.2, 0.25) is 0 Å². The Bertz CT molecular complexity index is 2660. The third-order valence-corrected chi connectivity index (χ3v) is 13.1. The summed E-state index contributed by atoms with van der Waals surface area (Å²) in [6.45, 7) is 10.9. The average molecular weight is 857 g/mol. The summed E-state index contributed by atoms with van der Waals surface area (Å²) in [6, 6.07) is 65.8. The zero-order valence-corrected chi connectivity index (χ0v) is 38.4. The van der Waals surface area contributed by atoms with Gasteiger partial charge in [-0.3, -0.25) is 0 Å². The van der Waals surface area contributed by atoms with Crippen molar-refractivity contribution < 1.29 is 20.4 Å². The van der Waals surface area contributed by atoms with Crippen LogP contribution >= 0.6 is 0 Å². The molecule has 0 heterocycles. The van der Waals surface area contributed by atoms with Crippen LogP contribution in [-0.2, 0) is 16.4 Å². The predicted octanol–water partition coefficient (Wildman–Crippen LogP) is 13.5. The van der Waals surface area contributed by atoms with Gasteiger partial charge in [0, 0.05) is 0 Å². The van der Waals surface area contributed by atoms with Crippen LogP contribution in [0.2, 0.25) is 0 Å². The van der Waals surface area contributed by atoms with Crippen LogP contribution in [0.4, 0.5) is 0 Å². The van der Waals surface area contributed by atoms with Gasteiger partial charge in [-0.15, -0.1) is 0 Å². The molecule has 0 aliphatic carbocycles. The third-order valence-electron chi connectivity index (χ3n) is 13.1. The Morgan fingerprint density at radius 3 is 0.692 bits per heavy atom. The number of hydrogen-bond donors (Lipinski definition) is 4. The molecule has 4 nitrogen and oxygen atoms in total. The SMILES string of the molecule is CC(C)(C)c1cc(C(O)(c2cc(C(C)(C)C)c(-c3ccccc3)c(-c3ccccc3)c2-c2ccccc2)C(CO)(CO)CO)c(-c2ccccc2)c(-c2ccccc2)c1-c1ccccc1. The fourth-order valence-electron chi connectivity index (χ4n) is 9.74. The van der Waals surface area contributed by atoms with Crippen LogP contribution in [0.1, 0.15) is 63.8 Å². The third kappa shape index (κ3) is 8.17. The lowest BCUT2D eigenvalue weighted by atomic mass is 9.59. The molecule has 0 saturated heterocycles. The number of rotatable bonds is 12. The molecule has 8 aromatic carbocycles. The molecule has 0 radical (unpaired) electrons. The van der Waals surface area contributed by atoms with Crippen molar-refractivity contribution in [1.82, 2.24) is 0 Å². The van der Waals surface area contributed by atoms with Crippen LogP contribution in [0.25, 0.3) is 66.8 Å². The molecule has 4 N–H and O–H groups in total. The Kier molecular flexibility index (Phi) is 12.7. The molecule has 0 amide bonds. The maximum Gasteiger partial charge on any atom is 0.128 e. The van der Waals surface area contributed by atoms with Crippen molar-refractivity contribution in [2.45, 2.75) is 58.0 Å². The monoisotopic (exact) mass is 856 g/mol. The van der Waals surface area contributed by atoms with Gasteiger partial charge >= 0.3 is 0 Å². The Morgan fingerprint density at radius 2 is 0.492 bits per heavy atom. The molecule has 0 fully saturated rings. The van der Waals surface area contributed by atoms with E-state index in [0.29, 0.717) is 11.1 Å². The van der Waals surface area contributed by atoms with E-state index in [1.54, 1.807) is 0 Å². The standard InChI is InChI=1S/C61H60O4/c1-58(2,3)48-37-50(54(44-29-17-9-18-30-44)56(46-33-21-11-22-34-46)52(48)42-25-13-7-14-26-42)61(65,60(39-62,40-63)41-64)51-38-49(59(4,5)6)53(43-27-15-8-16-28-43)57(47-35-23-12-24-36-47)55(51)45-31-19-10-20-32-45/h7-38,62-65H,39-41H2,1-6H3. The first kappa shape index (κ1) is 45.2. The van der Waals surface area contributed by atoms with Crippen molar-refractivity contribution in [3.63, 3.8) is 0 Å². The zero-order valence-electron chi connectivity index (χ0n) is 38.4. The lowest BCUT2D eigenvalue weighted by Crippen LogP contribution is -2.55. The van der Waals surface area contributed by atoms with Gasteiger partial charge in [0.1, 0.15) is 5.60 Å². The maximum absolute atomic E-state index is 15.1. The fourth-order valence-corrected chi connectivity index (χ4v) is 9.74.